The minimum atomic E-state index is -0.892. The number of carbonyl (C=O) groups is 1. The first kappa shape index (κ1) is 27.7. The van der Waals surface area contributed by atoms with Gasteiger partial charge in [0.25, 0.3) is 0 Å². The van der Waals surface area contributed by atoms with Gasteiger partial charge in [-0.3, -0.25) is 0 Å². The van der Waals surface area contributed by atoms with E-state index in [1.807, 2.05) is 38.1 Å². The number of para-hydroxylation sites is 1. The van der Waals surface area contributed by atoms with Crippen molar-refractivity contribution in [3.05, 3.63) is 53.5 Å². The number of anilines is 2. The fourth-order valence-corrected chi connectivity index (χ4v) is 4.92. The van der Waals surface area contributed by atoms with Crippen molar-refractivity contribution >= 4 is 28.5 Å². The van der Waals surface area contributed by atoms with Gasteiger partial charge in [-0.25, -0.2) is 19.7 Å². The summed E-state index contributed by atoms with van der Waals surface area (Å²) in [4.78, 5) is 28.2. The van der Waals surface area contributed by atoms with Crippen LogP contribution in [0.25, 0.3) is 10.9 Å². The zero-order valence-corrected chi connectivity index (χ0v) is 22.7. The van der Waals surface area contributed by atoms with E-state index in [9.17, 15) is 9.90 Å². The summed E-state index contributed by atoms with van der Waals surface area (Å²) in [6, 6.07) is 11.2. The van der Waals surface area contributed by atoms with Gasteiger partial charge >= 0.3 is 5.97 Å². The molecule has 3 aromatic rings. The van der Waals surface area contributed by atoms with Crippen LogP contribution < -0.4 is 10.6 Å². The molecule has 4 rings (SSSR count). The summed E-state index contributed by atoms with van der Waals surface area (Å²) in [5.74, 6) is 1.32. The van der Waals surface area contributed by atoms with Crippen LogP contribution in [0.15, 0.2) is 36.4 Å². The number of hydrogen-bond donors (Lipinski definition) is 3. The van der Waals surface area contributed by atoms with Gasteiger partial charge in [-0.05, 0) is 82.7 Å². The molecule has 1 aliphatic heterocycles. The second kappa shape index (κ2) is 13.5. The Morgan fingerprint density at radius 1 is 1.16 bits per heavy atom. The fourth-order valence-electron chi connectivity index (χ4n) is 4.92. The molecule has 0 saturated carbocycles. The Morgan fingerprint density at radius 3 is 2.82 bits per heavy atom. The number of rotatable bonds is 14. The summed E-state index contributed by atoms with van der Waals surface area (Å²) >= 11 is 0. The molecule has 2 atom stereocenters. The largest absolute Gasteiger partial charge is 0.480 e. The molecule has 0 amide bonds. The van der Waals surface area contributed by atoms with Gasteiger partial charge in [-0.1, -0.05) is 18.2 Å². The third-order valence-electron chi connectivity index (χ3n) is 7.08. The average molecular weight is 521 g/mol. The smallest absolute Gasteiger partial charge is 0.326 e. The highest BCUT2D eigenvalue weighted by Crippen LogP contribution is 2.22. The molecule has 0 radical (unpaired) electrons. The van der Waals surface area contributed by atoms with E-state index >= 15 is 0 Å². The Hall–Kier alpha value is -3.30. The number of aliphatic carboxylic acids is 1. The Kier molecular flexibility index (Phi) is 9.84. The number of unbranched alkanes of at least 4 members (excludes halogenated alkanes) is 1. The van der Waals surface area contributed by atoms with Crippen LogP contribution in [-0.2, 0) is 22.4 Å². The van der Waals surface area contributed by atoms with Crippen LogP contribution in [0.4, 0.5) is 11.6 Å². The summed E-state index contributed by atoms with van der Waals surface area (Å²) in [5.41, 5.74) is 3.23. The second-order valence-corrected chi connectivity index (χ2v) is 10.1. The van der Waals surface area contributed by atoms with Crippen LogP contribution in [0.1, 0.15) is 49.7 Å². The van der Waals surface area contributed by atoms with Gasteiger partial charge in [0.2, 0.25) is 0 Å². The molecule has 9 nitrogen and oxygen atoms in total. The van der Waals surface area contributed by atoms with Gasteiger partial charge < -0.3 is 25.4 Å². The van der Waals surface area contributed by atoms with E-state index in [-0.39, 0.29) is 6.10 Å². The predicted molar refractivity (Wildman–Crippen MR) is 151 cm³/mol. The molecular weight excluding hydrogens is 480 g/mol. The van der Waals surface area contributed by atoms with Crippen molar-refractivity contribution in [1.82, 2.24) is 19.9 Å². The average Bonchev–Trinajstić information content (AvgIpc) is 2.92. The monoisotopic (exact) mass is 520 g/mol. The third-order valence-corrected chi connectivity index (χ3v) is 7.08. The Bertz CT molecular complexity index is 1220. The molecule has 1 aliphatic rings. The predicted octanol–water partition coefficient (Wildman–Crippen LogP) is 4.31. The quantitative estimate of drug-likeness (QED) is 0.268. The number of carboxylic acid groups (broad SMARTS) is 1. The molecule has 38 heavy (non-hydrogen) atoms. The number of methoxy groups -OCH3 is 1. The summed E-state index contributed by atoms with van der Waals surface area (Å²) < 4.78 is 5.51. The molecular formula is C29H40N6O3. The van der Waals surface area contributed by atoms with E-state index < -0.39 is 12.0 Å². The maximum Gasteiger partial charge on any atom is 0.326 e. The van der Waals surface area contributed by atoms with E-state index in [4.69, 9.17) is 9.72 Å². The number of hydrogen-bond acceptors (Lipinski definition) is 8. The van der Waals surface area contributed by atoms with Crippen molar-refractivity contribution in [3.8, 4) is 0 Å². The summed E-state index contributed by atoms with van der Waals surface area (Å²) in [6.07, 6.45) is 5.73. The normalized spacial score (nSPS) is 14.6. The van der Waals surface area contributed by atoms with Crippen molar-refractivity contribution < 1.29 is 14.6 Å². The van der Waals surface area contributed by atoms with E-state index in [0.717, 1.165) is 74.2 Å². The van der Waals surface area contributed by atoms with Crippen molar-refractivity contribution in [1.29, 1.82) is 0 Å². The zero-order chi connectivity index (χ0) is 26.9. The highest BCUT2D eigenvalue weighted by atomic mass is 16.5. The van der Waals surface area contributed by atoms with Crippen molar-refractivity contribution in [2.24, 2.45) is 0 Å². The Labute approximate surface area is 225 Å². The summed E-state index contributed by atoms with van der Waals surface area (Å²) in [7, 11) is 1.71. The fraction of sp³-hybridized carbons (Fsp3) is 0.517. The van der Waals surface area contributed by atoms with Crippen molar-refractivity contribution in [3.63, 3.8) is 0 Å². The van der Waals surface area contributed by atoms with Crippen LogP contribution in [0, 0.1) is 6.92 Å². The molecule has 3 heterocycles. The van der Waals surface area contributed by atoms with Crippen LogP contribution in [0.5, 0.6) is 0 Å². The number of nitrogens with one attached hydrogen (secondary N) is 2. The minimum Gasteiger partial charge on any atom is -0.480 e. The van der Waals surface area contributed by atoms with Crippen molar-refractivity contribution in [2.45, 2.75) is 64.5 Å². The zero-order valence-electron chi connectivity index (χ0n) is 22.7. The molecule has 0 aliphatic carbocycles. The minimum absolute atomic E-state index is 0.0630. The van der Waals surface area contributed by atoms with Gasteiger partial charge in [0.15, 0.2) is 0 Å². The van der Waals surface area contributed by atoms with Gasteiger partial charge in [0.1, 0.15) is 23.5 Å². The van der Waals surface area contributed by atoms with Gasteiger partial charge in [0.05, 0.1) is 11.6 Å². The number of carboxylic acids is 1. The molecule has 204 valence electrons. The molecule has 3 N–H and O–H groups in total. The first-order valence-electron chi connectivity index (χ1n) is 13.6. The van der Waals surface area contributed by atoms with E-state index in [1.165, 1.54) is 5.56 Å². The number of pyridine rings is 1. The van der Waals surface area contributed by atoms with Crippen LogP contribution >= 0.6 is 0 Å². The number of aryl methyl sites for hydroxylation is 3. The lowest BCUT2D eigenvalue weighted by atomic mass is 10.1. The molecule has 0 spiro atoms. The van der Waals surface area contributed by atoms with Gasteiger partial charge in [-0.15, -0.1) is 0 Å². The standard InChI is InChI=1S/C29H40N6O3/c1-20(38-3)19-35(17-7-6-10-23-14-13-22-9-8-16-30-27(22)33-23)18-15-26(29(36)37)34-28-24-11-4-5-12-25(24)31-21(2)32-28/h4-5,11-14,20,26H,6-10,15-19H2,1-3H3,(H,30,33)(H,36,37)(H,31,32,34)/t20-,26+/m1/s1. The first-order valence-corrected chi connectivity index (χ1v) is 13.6. The third kappa shape index (κ3) is 7.61. The number of ether oxygens (including phenoxy) is 1. The van der Waals surface area contributed by atoms with E-state index in [1.54, 1.807) is 7.11 Å². The van der Waals surface area contributed by atoms with Gasteiger partial charge in [-0.2, -0.15) is 0 Å². The van der Waals surface area contributed by atoms with Crippen LogP contribution in [0.3, 0.4) is 0 Å². The highest BCUT2D eigenvalue weighted by Gasteiger charge is 2.21. The molecule has 2 aromatic heterocycles. The number of fused-ring (bicyclic) bond motifs is 2. The Balaban J connectivity index is 1.34. The molecule has 1 aromatic carbocycles. The van der Waals surface area contributed by atoms with Crippen LogP contribution in [-0.4, -0.2) is 76.4 Å². The number of aromatic nitrogens is 3. The molecule has 0 bridgehead atoms. The molecule has 9 heteroatoms. The molecule has 0 unspecified atom stereocenters. The lowest BCUT2D eigenvalue weighted by Crippen LogP contribution is -2.38. The van der Waals surface area contributed by atoms with Gasteiger partial charge in [0, 0.05) is 37.8 Å². The Morgan fingerprint density at radius 2 is 2.00 bits per heavy atom. The second-order valence-electron chi connectivity index (χ2n) is 10.1. The lowest BCUT2D eigenvalue weighted by molar-refractivity contribution is -0.138. The number of benzene rings is 1. The first-order chi connectivity index (χ1) is 18.4. The number of nitrogens with zero attached hydrogens (tertiary/aromatic N) is 4. The topological polar surface area (TPSA) is 113 Å². The van der Waals surface area contributed by atoms with Crippen LogP contribution in [0.2, 0.25) is 0 Å². The lowest BCUT2D eigenvalue weighted by Gasteiger charge is -2.27. The van der Waals surface area contributed by atoms with Crippen molar-refractivity contribution in [2.75, 3.05) is 43.9 Å². The maximum absolute atomic E-state index is 12.2. The summed E-state index contributed by atoms with van der Waals surface area (Å²) in [5, 5.41) is 17.4. The van der Waals surface area contributed by atoms with E-state index in [2.05, 4.69) is 37.6 Å². The maximum atomic E-state index is 12.2. The summed E-state index contributed by atoms with van der Waals surface area (Å²) in [6.45, 7) is 7.12. The molecule has 0 saturated heterocycles. The SMILES string of the molecule is CO[C@H](C)CN(CCCCc1ccc2c(n1)NCCC2)CC[C@H](Nc1nc(C)nc2ccccc12)C(=O)O. The molecule has 0 fully saturated rings. The van der Waals surface area contributed by atoms with E-state index in [0.29, 0.717) is 24.6 Å². The highest BCUT2D eigenvalue weighted by molar-refractivity contribution is 5.90.